The van der Waals surface area contributed by atoms with Crippen molar-refractivity contribution in [2.24, 2.45) is 0 Å². The number of carbonyl (C=O) groups excluding carboxylic acids is 1. The summed E-state index contributed by atoms with van der Waals surface area (Å²) in [7, 11) is 0. The number of halogens is 4. The van der Waals surface area contributed by atoms with E-state index in [1.165, 1.54) is 12.3 Å². The van der Waals surface area contributed by atoms with E-state index in [4.69, 9.17) is 5.73 Å². The molecular formula is C11H6Br3FN4O. The standard InChI is InChI=1S/C11H6Br3FN4O/c12-5-2-6(15)7(16)1-4(5)11(20)19-10-9(14)18-8(13)3-17-10/h1-3H,16H2,(H,17,19,20). The van der Waals surface area contributed by atoms with E-state index in [0.717, 1.165) is 6.07 Å². The summed E-state index contributed by atoms with van der Waals surface area (Å²) in [5.74, 6) is -0.841. The number of nitrogen functional groups attached to an aromatic ring is 1. The Morgan fingerprint density at radius 3 is 2.65 bits per heavy atom. The van der Waals surface area contributed by atoms with Crippen LogP contribution in [-0.2, 0) is 0 Å². The van der Waals surface area contributed by atoms with Crippen molar-refractivity contribution in [2.45, 2.75) is 0 Å². The molecule has 104 valence electrons. The first-order valence-electron chi connectivity index (χ1n) is 5.12. The third kappa shape index (κ3) is 3.33. The predicted octanol–water partition coefficient (Wildman–Crippen LogP) is 3.74. The van der Waals surface area contributed by atoms with Crippen molar-refractivity contribution in [3.63, 3.8) is 0 Å². The largest absolute Gasteiger partial charge is 0.396 e. The van der Waals surface area contributed by atoms with Gasteiger partial charge in [0.05, 0.1) is 17.4 Å². The average molecular weight is 469 g/mol. The fourth-order valence-corrected chi connectivity index (χ4v) is 2.75. The number of aromatic nitrogens is 2. The maximum absolute atomic E-state index is 13.2. The Balaban J connectivity index is 2.31. The van der Waals surface area contributed by atoms with Gasteiger partial charge >= 0.3 is 0 Å². The summed E-state index contributed by atoms with van der Waals surface area (Å²) in [6.45, 7) is 0. The lowest BCUT2D eigenvalue weighted by Crippen LogP contribution is -2.15. The third-order valence-corrected chi connectivity index (χ3v) is 3.85. The highest BCUT2D eigenvalue weighted by Crippen LogP contribution is 2.25. The minimum atomic E-state index is -0.599. The number of rotatable bonds is 2. The highest BCUT2D eigenvalue weighted by atomic mass is 79.9. The monoisotopic (exact) mass is 466 g/mol. The summed E-state index contributed by atoms with van der Waals surface area (Å²) < 4.78 is 14.4. The second kappa shape index (κ2) is 6.15. The molecule has 9 heteroatoms. The van der Waals surface area contributed by atoms with Gasteiger partial charge in [0.15, 0.2) is 5.82 Å². The summed E-state index contributed by atoms with van der Waals surface area (Å²) in [6, 6.07) is 2.38. The Bertz CT molecular complexity index is 696. The van der Waals surface area contributed by atoms with Gasteiger partial charge in [0, 0.05) is 4.47 Å². The molecule has 0 aliphatic carbocycles. The first-order chi connectivity index (χ1) is 9.38. The molecule has 0 aliphatic heterocycles. The Kier molecular flexibility index (Phi) is 4.71. The molecule has 3 N–H and O–H groups in total. The number of amides is 1. The smallest absolute Gasteiger partial charge is 0.258 e. The van der Waals surface area contributed by atoms with Gasteiger partial charge in [-0.25, -0.2) is 14.4 Å². The lowest BCUT2D eigenvalue weighted by molar-refractivity contribution is 0.102. The molecule has 1 amide bonds. The number of anilines is 2. The maximum Gasteiger partial charge on any atom is 0.258 e. The van der Waals surface area contributed by atoms with Crippen LogP contribution >= 0.6 is 47.8 Å². The highest BCUT2D eigenvalue weighted by Gasteiger charge is 2.15. The predicted molar refractivity (Wildman–Crippen MR) is 83.9 cm³/mol. The van der Waals surface area contributed by atoms with Crippen LogP contribution in [0, 0.1) is 5.82 Å². The van der Waals surface area contributed by atoms with Gasteiger partial charge in [-0.3, -0.25) is 4.79 Å². The van der Waals surface area contributed by atoms with Crippen LogP contribution in [0.25, 0.3) is 0 Å². The third-order valence-electron chi connectivity index (χ3n) is 2.26. The van der Waals surface area contributed by atoms with Gasteiger partial charge in [-0.05, 0) is 59.9 Å². The zero-order valence-corrected chi connectivity index (χ0v) is 14.4. The SMILES string of the molecule is Nc1cc(C(=O)Nc2ncc(Br)nc2Br)c(Br)cc1F. The molecule has 0 saturated heterocycles. The van der Waals surface area contributed by atoms with E-state index in [9.17, 15) is 9.18 Å². The average Bonchev–Trinajstić information content (AvgIpc) is 2.37. The molecule has 0 aliphatic rings. The molecular weight excluding hydrogens is 463 g/mol. The van der Waals surface area contributed by atoms with Gasteiger partial charge < -0.3 is 11.1 Å². The van der Waals surface area contributed by atoms with Crippen molar-refractivity contribution < 1.29 is 9.18 Å². The quantitative estimate of drug-likeness (QED) is 0.658. The minimum Gasteiger partial charge on any atom is -0.396 e. The first-order valence-corrected chi connectivity index (χ1v) is 7.50. The first kappa shape index (κ1) is 15.3. The molecule has 0 fully saturated rings. The number of carbonyl (C=O) groups is 1. The molecule has 0 spiro atoms. The number of nitrogens with two attached hydrogens (primary N) is 1. The molecule has 1 heterocycles. The molecule has 0 bridgehead atoms. The minimum absolute atomic E-state index is 0.112. The molecule has 2 rings (SSSR count). The van der Waals surface area contributed by atoms with Crippen molar-refractivity contribution >= 4 is 65.2 Å². The van der Waals surface area contributed by atoms with Gasteiger partial charge in [-0.2, -0.15) is 0 Å². The number of nitrogens with zero attached hydrogens (tertiary/aromatic N) is 2. The number of benzene rings is 1. The van der Waals surface area contributed by atoms with Crippen LogP contribution in [0.1, 0.15) is 10.4 Å². The molecule has 2 aromatic rings. The highest BCUT2D eigenvalue weighted by molar-refractivity contribution is 9.11. The second-order valence-electron chi connectivity index (χ2n) is 3.64. The van der Waals surface area contributed by atoms with Crippen LogP contribution in [0.2, 0.25) is 0 Å². The van der Waals surface area contributed by atoms with Crippen molar-refractivity contribution in [3.05, 3.63) is 43.4 Å². The molecule has 5 nitrogen and oxygen atoms in total. The second-order valence-corrected chi connectivity index (χ2v) is 6.06. The fourth-order valence-electron chi connectivity index (χ4n) is 1.35. The van der Waals surface area contributed by atoms with E-state index >= 15 is 0 Å². The molecule has 20 heavy (non-hydrogen) atoms. The van der Waals surface area contributed by atoms with Crippen molar-refractivity contribution in [1.29, 1.82) is 0 Å². The summed E-state index contributed by atoms with van der Waals surface area (Å²) in [4.78, 5) is 20.2. The summed E-state index contributed by atoms with van der Waals surface area (Å²) in [6.07, 6.45) is 1.44. The molecule has 0 saturated carbocycles. The normalized spacial score (nSPS) is 10.4. The number of hydrogen-bond acceptors (Lipinski definition) is 4. The zero-order chi connectivity index (χ0) is 14.9. The van der Waals surface area contributed by atoms with Crippen molar-refractivity contribution in [2.75, 3.05) is 11.1 Å². The van der Waals surface area contributed by atoms with E-state index in [2.05, 4.69) is 63.1 Å². The maximum atomic E-state index is 13.2. The molecule has 1 aromatic carbocycles. The van der Waals surface area contributed by atoms with Crippen molar-refractivity contribution in [3.8, 4) is 0 Å². The lowest BCUT2D eigenvalue weighted by atomic mass is 10.2. The van der Waals surface area contributed by atoms with E-state index in [0.29, 0.717) is 13.7 Å². The Labute approximate surface area is 138 Å². The van der Waals surface area contributed by atoms with Gasteiger partial charge in [0.25, 0.3) is 5.91 Å². The molecule has 0 unspecified atom stereocenters. The molecule has 1 aromatic heterocycles. The molecule has 0 atom stereocenters. The van der Waals surface area contributed by atoms with Crippen LogP contribution in [0.3, 0.4) is 0 Å². The lowest BCUT2D eigenvalue weighted by Gasteiger charge is -2.08. The van der Waals surface area contributed by atoms with Crippen LogP contribution in [-0.4, -0.2) is 15.9 Å². The fraction of sp³-hybridized carbons (Fsp3) is 0. The van der Waals surface area contributed by atoms with E-state index in [1.807, 2.05) is 0 Å². The van der Waals surface area contributed by atoms with Gasteiger partial charge in [0.1, 0.15) is 15.0 Å². The van der Waals surface area contributed by atoms with E-state index in [1.54, 1.807) is 0 Å². The summed E-state index contributed by atoms with van der Waals surface area (Å²) >= 11 is 9.45. The van der Waals surface area contributed by atoms with Gasteiger partial charge in [-0.1, -0.05) is 0 Å². The van der Waals surface area contributed by atoms with Crippen LogP contribution in [0.4, 0.5) is 15.9 Å². The van der Waals surface area contributed by atoms with Gasteiger partial charge in [0.2, 0.25) is 0 Å². The van der Waals surface area contributed by atoms with E-state index < -0.39 is 11.7 Å². The van der Waals surface area contributed by atoms with Crippen LogP contribution < -0.4 is 11.1 Å². The topological polar surface area (TPSA) is 80.9 Å². The Hall–Kier alpha value is -1.06. The Morgan fingerprint density at radius 1 is 1.30 bits per heavy atom. The number of nitrogens with one attached hydrogen (secondary N) is 1. The summed E-state index contributed by atoms with van der Waals surface area (Å²) in [5, 5.41) is 2.55. The van der Waals surface area contributed by atoms with Gasteiger partial charge in [-0.15, -0.1) is 0 Å². The summed E-state index contributed by atoms with van der Waals surface area (Å²) in [5.41, 5.74) is 5.53. The molecule has 0 radical (unpaired) electrons. The Morgan fingerprint density at radius 2 is 2.00 bits per heavy atom. The zero-order valence-electron chi connectivity index (χ0n) is 9.62. The van der Waals surface area contributed by atoms with Crippen LogP contribution in [0.5, 0.6) is 0 Å². The van der Waals surface area contributed by atoms with E-state index in [-0.39, 0.29) is 17.1 Å². The number of hydrogen-bond donors (Lipinski definition) is 2. The van der Waals surface area contributed by atoms with Crippen molar-refractivity contribution in [1.82, 2.24) is 9.97 Å². The van der Waals surface area contributed by atoms with Crippen LogP contribution in [0.15, 0.2) is 32.0 Å².